The Labute approximate surface area is 95.6 Å². The Bertz CT molecular complexity index is 325. The van der Waals surface area contributed by atoms with Gasteiger partial charge < -0.3 is 14.2 Å². The van der Waals surface area contributed by atoms with Gasteiger partial charge in [0.2, 0.25) is 0 Å². The van der Waals surface area contributed by atoms with Crippen LogP contribution in [0.15, 0.2) is 12.2 Å². The van der Waals surface area contributed by atoms with Crippen LogP contribution in [0.4, 0.5) is 0 Å². The highest BCUT2D eigenvalue weighted by atomic mass is 16.7. The lowest BCUT2D eigenvalue weighted by molar-refractivity contribution is -0.299. The number of methoxy groups -OCH3 is 2. The molecule has 2 rings (SSSR count). The van der Waals surface area contributed by atoms with Crippen molar-refractivity contribution in [3.8, 4) is 0 Å². The van der Waals surface area contributed by atoms with Crippen molar-refractivity contribution < 1.29 is 19.0 Å². The molecule has 16 heavy (non-hydrogen) atoms. The summed E-state index contributed by atoms with van der Waals surface area (Å²) in [6.45, 7) is 2.43. The fourth-order valence-electron chi connectivity index (χ4n) is 2.85. The van der Waals surface area contributed by atoms with E-state index in [9.17, 15) is 4.79 Å². The van der Waals surface area contributed by atoms with E-state index in [4.69, 9.17) is 14.2 Å². The number of fused-ring (bicyclic) bond motifs is 1. The zero-order chi connectivity index (χ0) is 11.8. The maximum atomic E-state index is 11.9. The van der Waals surface area contributed by atoms with E-state index in [2.05, 4.69) is 0 Å². The van der Waals surface area contributed by atoms with E-state index in [-0.39, 0.29) is 11.9 Å². The first-order chi connectivity index (χ1) is 7.60. The first-order valence-electron chi connectivity index (χ1n) is 5.57. The van der Waals surface area contributed by atoms with Crippen LogP contribution in [0.25, 0.3) is 0 Å². The smallest absolute Gasteiger partial charge is 0.320 e. The second-order valence-electron chi connectivity index (χ2n) is 4.52. The van der Waals surface area contributed by atoms with E-state index >= 15 is 0 Å². The summed E-state index contributed by atoms with van der Waals surface area (Å²) >= 11 is 0. The first-order valence-corrected chi connectivity index (χ1v) is 5.57. The highest BCUT2D eigenvalue weighted by Gasteiger charge is 2.62. The highest BCUT2D eigenvalue weighted by Crippen LogP contribution is 2.52. The van der Waals surface area contributed by atoms with E-state index in [1.165, 1.54) is 7.11 Å². The zero-order valence-electron chi connectivity index (χ0n) is 9.99. The number of esters is 1. The Hall–Kier alpha value is -0.870. The Kier molecular flexibility index (Phi) is 2.80. The van der Waals surface area contributed by atoms with Gasteiger partial charge >= 0.3 is 5.97 Å². The summed E-state index contributed by atoms with van der Waals surface area (Å²) in [6.07, 6.45) is 5.85. The van der Waals surface area contributed by atoms with Crippen LogP contribution in [0.2, 0.25) is 0 Å². The van der Waals surface area contributed by atoms with Gasteiger partial charge in [0.05, 0.1) is 13.7 Å². The molecule has 0 N–H and O–H groups in total. The van der Waals surface area contributed by atoms with Crippen LogP contribution in [-0.2, 0) is 19.0 Å². The molecule has 4 nitrogen and oxygen atoms in total. The summed E-state index contributed by atoms with van der Waals surface area (Å²) in [5.74, 6) is -1.05. The molecule has 1 saturated heterocycles. The van der Waals surface area contributed by atoms with Crippen molar-refractivity contribution in [3.05, 3.63) is 12.2 Å². The second-order valence-corrected chi connectivity index (χ2v) is 4.52. The lowest BCUT2D eigenvalue weighted by Gasteiger charge is -2.45. The van der Waals surface area contributed by atoms with Crippen molar-refractivity contribution in [1.29, 1.82) is 0 Å². The molecule has 0 unspecified atom stereocenters. The van der Waals surface area contributed by atoms with Crippen LogP contribution in [0, 0.1) is 11.3 Å². The molecule has 2 aliphatic rings. The number of carbonyl (C=O) groups excluding carboxylic acids is 1. The van der Waals surface area contributed by atoms with Crippen molar-refractivity contribution in [2.45, 2.75) is 25.6 Å². The lowest BCUT2D eigenvalue weighted by Crippen LogP contribution is -2.57. The maximum absolute atomic E-state index is 11.9. The molecular weight excluding hydrogens is 208 g/mol. The van der Waals surface area contributed by atoms with Crippen molar-refractivity contribution in [2.75, 3.05) is 20.8 Å². The molecule has 0 aromatic heterocycles. The van der Waals surface area contributed by atoms with Crippen LogP contribution in [0.1, 0.15) is 19.8 Å². The van der Waals surface area contributed by atoms with Gasteiger partial charge in [-0.25, -0.2) is 0 Å². The van der Waals surface area contributed by atoms with Crippen LogP contribution < -0.4 is 0 Å². The largest absolute Gasteiger partial charge is 0.468 e. The van der Waals surface area contributed by atoms with Gasteiger partial charge in [-0.05, 0) is 19.8 Å². The lowest BCUT2D eigenvalue weighted by atomic mass is 9.78. The van der Waals surface area contributed by atoms with Gasteiger partial charge in [-0.1, -0.05) is 12.2 Å². The molecule has 1 fully saturated rings. The average molecular weight is 226 g/mol. The normalized spacial score (nSPS) is 41.8. The van der Waals surface area contributed by atoms with Crippen LogP contribution >= 0.6 is 0 Å². The summed E-state index contributed by atoms with van der Waals surface area (Å²) in [4.78, 5) is 11.9. The summed E-state index contributed by atoms with van der Waals surface area (Å²) < 4.78 is 16.2. The number of ether oxygens (including phenoxy) is 3. The molecule has 0 aromatic rings. The number of hydrogen-bond donors (Lipinski definition) is 0. The Morgan fingerprint density at radius 3 is 2.88 bits per heavy atom. The predicted octanol–water partition coefficient (Wildman–Crippen LogP) is 1.50. The van der Waals surface area contributed by atoms with Gasteiger partial charge in [0.1, 0.15) is 5.41 Å². The summed E-state index contributed by atoms with van der Waals surface area (Å²) in [6, 6.07) is 0. The number of rotatable bonds is 2. The van der Waals surface area contributed by atoms with Crippen LogP contribution in [0.3, 0.4) is 0 Å². The third-order valence-electron chi connectivity index (χ3n) is 3.76. The van der Waals surface area contributed by atoms with Crippen molar-refractivity contribution in [1.82, 2.24) is 0 Å². The fraction of sp³-hybridized carbons (Fsp3) is 0.750. The van der Waals surface area contributed by atoms with Crippen molar-refractivity contribution in [3.63, 3.8) is 0 Å². The molecule has 0 bridgehead atoms. The molecule has 4 heteroatoms. The Morgan fingerprint density at radius 1 is 1.50 bits per heavy atom. The van der Waals surface area contributed by atoms with Gasteiger partial charge in [-0.2, -0.15) is 0 Å². The van der Waals surface area contributed by atoms with Crippen LogP contribution in [-0.4, -0.2) is 32.6 Å². The minimum atomic E-state index is -0.877. The summed E-state index contributed by atoms with van der Waals surface area (Å²) in [5.41, 5.74) is -0.846. The highest BCUT2D eigenvalue weighted by molar-refractivity contribution is 5.81. The predicted molar refractivity (Wildman–Crippen MR) is 57.7 cm³/mol. The fourth-order valence-corrected chi connectivity index (χ4v) is 2.85. The van der Waals surface area contributed by atoms with E-state index in [0.29, 0.717) is 6.61 Å². The standard InChI is InChI=1S/C12H18O4/c1-11(10(13)14-2)7-6-9-5-4-8-16-12(9,11)15-3/h6-7,9H,4-5,8H2,1-3H3/t9-,11-,12-/m0/s1. The summed E-state index contributed by atoms with van der Waals surface area (Å²) in [5, 5.41) is 0. The monoisotopic (exact) mass is 226 g/mol. The second kappa shape index (κ2) is 3.86. The number of hydrogen-bond acceptors (Lipinski definition) is 4. The molecule has 3 atom stereocenters. The zero-order valence-corrected chi connectivity index (χ0v) is 9.99. The SMILES string of the molecule is COC(=O)[C@]1(C)C=C[C@@H]2CCCO[C@@]21OC. The topological polar surface area (TPSA) is 44.8 Å². The Balaban J connectivity index is 2.39. The van der Waals surface area contributed by atoms with Gasteiger partial charge in [0, 0.05) is 13.0 Å². The molecule has 0 radical (unpaired) electrons. The van der Waals surface area contributed by atoms with E-state index in [0.717, 1.165) is 12.8 Å². The molecule has 0 saturated carbocycles. The third kappa shape index (κ3) is 1.26. The quantitative estimate of drug-likeness (QED) is 0.529. The van der Waals surface area contributed by atoms with Gasteiger partial charge in [-0.15, -0.1) is 0 Å². The molecule has 0 amide bonds. The third-order valence-corrected chi connectivity index (χ3v) is 3.76. The molecule has 90 valence electrons. The maximum Gasteiger partial charge on any atom is 0.320 e. The molecule has 0 aromatic carbocycles. The molecule has 1 aliphatic carbocycles. The Morgan fingerprint density at radius 2 is 2.25 bits per heavy atom. The number of carbonyl (C=O) groups is 1. The van der Waals surface area contributed by atoms with E-state index in [1.807, 2.05) is 19.1 Å². The molecule has 1 heterocycles. The van der Waals surface area contributed by atoms with Crippen LogP contribution in [0.5, 0.6) is 0 Å². The minimum Gasteiger partial charge on any atom is -0.468 e. The summed E-state index contributed by atoms with van der Waals surface area (Å²) in [7, 11) is 2.98. The van der Waals surface area contributed by atoms with E-state index < -0.39 is 11.2 Å². The van der Waals surface area contributed by atoms with Gasteiger partial charge in [-0.3, -0.25) is 4.79 Å². The molecule has 1 aliphatic heterocycles. The molecular formula is C12H18O4. The van der Waals surface area contributed by atoms with Gasteiger partial charge in [0.25, 0.3) is 0 Å². The molecule has 0 spiro atoms. The van der Waals surface area contributed by atoms with Crippen molar-refractivity contribution in [2.24, 2.45) is 11.3 Å². The van der Waals surface area contributed by atoms with Gasteiger partial charge in [0.15, 0.2) is 5.79 Å². The minimum absolute atomic E-state index is 0.135. The average Bonchev–Trinajstić information content (AvgIpc) is 2.64. The first kappa shape index (κ1) is 11.6. The van der Waals surface area contributed by atoms with Crippen molar-refractivity contribution >= 4 is 5.97 Å². The van der Waals surface area contributed by atoms with E-state index in [1.54, 1.807) is 7.11 Å².